The van der Waals surface area contributed by atoms with E-state index < -0.39 is 23.3 Å². The van der Waals surface area contributed by atoms with Crippen LogP contribution in [0.25, 0.3) is 0 Å². The molecular weight excluding hydrogens is 649 g/mol. The third-order valence-electron chi connectivity index (χ3n) is 8.52. The molecule has 0 bridgehead atoms. The van der Waals surface area contributed by atoms with Crippen molar-refractivity contribution >= 4 is 23.3 Å². The van der Waals surface area contributed by atoms with Crippen molar-refractivity contribution in [2.45, 2.75) is 260 Å². The first-order valence-electron chi connectivity index (χ1n) is 21.3. The van der Waals surface area contributed by atoms with E-state index in [-0.39, 0.29) is 12.8 Å². The van der Waals surface area contributed by atoms with Crippen molar-refractivity contribution in [3.63, 3.8) is 0 Å². The number of hydrogen-bond acceptors (Lipinski definition) is 4. The Morgan fingerprint density at radius 3 is 0.500 bits per heavy atom. The van der Waals surface area contributed by atoms with Gasteiger partial charge in [0.15, 0.2) is 0 Å². The van der Waals surface area contributed by atoms with Crippen LogP contribution >= 0.6 is 0 Å². The average molecular weight is 738 g/mol. The van der Waals surface area contributed by atoms with Crippen molar-refractivity contribution in [2.24, 2.45) is 0 Å². The van der Waals surface area contributed by atoms with Gasteiger partial charge in [0, 0.05) is 12.8 Å². The third-order valence-corrected chi connectivity index (χ3v) is 8.52. The van der Waals surface area contributed by atoms with Crippen LogP contribution in [-0.2, 0) is 21.0 Å². The largest absolute Gasteiger partial charge is 0.750 e. The van der Waals surface area contributed by atoms with Crippen LogP contribution in [0.4, 0.5) is 0 Å². The maximum Gasteiger partial charge on any atom is 0.303 e. The first kappa shape index (κ1) is 58.3. The first-order chi connectivity index (χ1) is 24.1. The van der Waals surface area contributed by atoms with Gasteiger partial charge in [0.25, 0.3) is 0 Å². The number of unbranched alkanes of at least 4 members (excludes halogenated alkanes) is 30. The van der Waals surface area contributed by atoms with Gasteiger partial charge in [-0.25, -0.2) is 4.21 Å². The number of aliphatic carboxylic acids is 2. The van der Waals surface area contributed by atoms with Gasteiger partial charge in [-0.1, -0.05) is 247 Å². The molecule has 0 aromatic heterocycles. The second-order valence-electron chi connectivity index (χ2n) is 13.6. The lowest BCUT2D eigenvalue weighted by Crippen LogP contribution is -1.86. The van der Waals surface area contributed by atoms with Crippen LogP contribution in [0.5, 0.6) is 0 Å². The Morgan fingerprint density at radius 2 is 0.440 bits per heavy atom. The summed E-state index contributed by atoms with van der Waals surface area (Å²) in [6.07, 6.45) is 47.3. The van der Waals surface area contributed by atoms with E-state index in [0.29, 0.717) is 0 Å². The van der Waals surface area contributed by atoms with E-state index in [1.165, 1.54) is 205 Å². The molecule has 0 radical (unpaired) electrons. The molecular formula is C42H89O7S-. The standard InChI is InChI=1S/2C18H38.2C3H6O2.H2O3S/c2*1-3-5-7-9-11-13-15-17-18-16-14-12-10-8-6-4-2;2*1-2-3(4)5;1-4(2)3/h2*3-18H2,1-2H3;2*2H2,1H3,(H,4,5);(H2,1,2,3)/p-1. The summed E-state index contributed by atoms with van der Waals surface area (Å²) in [7, 11) is 0. The van der Waals surface area contributed by atoms with Crippen molar-refractivity contribution in [1.29, 1.82) is 0 Å². The molecule has 8 heteroatoms. The van der Waals surface area contributed by atoms with Gasteiger partial charge in [0.2, 0.25) is 0 Å². The molecule has 0 rings (SSSR count). The lowest BCUT2D eigenvalue weighted by molar-refractivity contribution is -0.137. The predicted octanol–water partition coefficient (Wildman–Crippen LogP) is 14.8. The highest BCUT2D eigenvalue weighted by molar-refractivity contribution is 7.73. The highest BCUT2D eigenvalue weighted by Gasteiger charge is 1.95. The minimum Gasteiger partial charge on any atom is -0.750 e. The Morgan fingerprint density at radius 1 is 0.360 bits per heavy atom. The van der Waals surface area contributed by atoms with Crippen molar-refractivity contribution in [3.8, 4) is 0 Å². The molecule has 0 aromatic rings. The van der Waals surface area contributed by atoms with E-state index in [9.17, 15) is 9.59 Å². The summed E-state index contributed by atoms with van der Waals surface area (Å²) in [6, 6.07) is 0. The highest BCUT2D eigenvalue weighted by atomic mass is 32.2. The van der Waals surface area contributed by atoms with Crippen LogP contribution in [0, 0.1) is 0 Å². The van der Waals surface area contributed by atoms with Crippen molar-refractivity contribution in [2.75, 3.05) is 0 Å². The van der Waals surface area contributed by atoms with E-state index in [1.807, 2.05) is 0 Å². The van der Waals surface area contributed by atoms with E-state index in [1.54, 1.807) is 13.8 Å². The molecule has 0 aliphatic rings. The summed E-state index contributed by atoms with van der Waals surface area (Å²) in [5.41, 5.74) is 0. The van der Waals surface area contributed by atoms with Crippen LogP contribution in [0.1, 0.15) is 260 Å². The molecule has 0 heterocycles. The summed E-state index contributed by atoms with van der Waals surface area (Å²) >= 11 is -2.86. The van der Waals surface area contributed by atoms with Gasteiger partial charge < -0.3 is 19.3 Å². The Balaban J connectivity index is -0.000000196. The quantitative estimate of drug-likeness (QED) is 0.0462. The van der Waals surface area contributed by atoms with Gasteiger partial charge >= 0.3 is 11.9 Å². The molecule has 3 N–H and O–H groups in total. The normalized spacial score (nSPS) is 10.6. The molecule has 306 valence electrons. The maximum absolute atomic E-state index is 9.37. The van der Waals surface area contributed by atoms with Crippen LogP contribution in [0.2, 0.25) is 0 Å². The molecule has 7 nitrogen and oxygen atoms in total. The second kappa shape index (κ2) is 60.1. The van der Waals surface area contributed by atoms with Crippen LogP contribution in [0.3, 0.4) is 0 Å². The summed E-state index contributed by atoms with van der Waals surface area (Å²) < 4.78 is 24.1. The van der Waals surface area contributed by atoms with Gasteiger partial charge in [0.1, 0.15) is 0 Å². The Kier molecular flexibility index (Phi) is 70.1. The Labute approximate surface area is 315 Å². The van der Waals surface area contributed by atoms with E-state index in [4.69, 9.17) is 23.5 Å². The van der Waals surface area contributed by atoms with Gasteiger partial charge in [-0.05, 0) is 0 Å². The molecule has 0 aliphatic carbocycles. The molecule has 50 heavy (non-hydrogen) atoms. The molecule has 0 aliphatic heterocycles. The first-order valence-corrected chi connectivity index (χ1v) is 22.4. The van der Waals surface area contributed by atoms with Crippen molar-refractivity contribution in [1.82, 2.24) is 0 Å². The number of hydrogen-bond donors (Lipinski definition) is 3. The average Bonchev–Trinajstić information content (AvgIpc) is 3.09. The minimum absolute atomic E-state index is 0.222. The zero-order chi connectivity index (χ0) is 38.8. The summed E-state index contributed by atoms with van der Waals surface area (Å²) in [5.74, 6) is -1.49. The fraction of sp³-hybridized carbons (Fsp3) is 0.952. The fourth-order valence-electron chi connectivity index (χ4n) is 5.24. The van der Waals surface area contributed by atoms with Gasteiger partial charge in [0.05, 0.1) is 11.4 Å². The lowest BCUT2D eigenvalue weighted by Gasteiger charge is -2.03. The molecule has 0 aromatic carbocycles. The summed E-state index contributed by atoms with van der Waals surface area (Å²) in [5, 5.41) is 15.4. The minimum atomic E-state index is -2.86. The SMILES string of the molecule is CCC(=O)O.CCC(=O)O.CCCCCCCCCCCCCCCCCC.CCCCCCCCCCCCCCCCCC.O=S([O-])O. The fourth-order valence-corrected chi connectivity index (χ4v) is 5.24. The Hall–Kier alpha value is -0.990. The number of carboxylic acid groups (broad SMARTS) is 2. The molecule has 1 atom stereocenters. The maximum atomic E-state index is 9.37. The van der Waals surface area contributed by atoms with Crippen LogP contribution in [-0.4, -0.2) is 35.5 Å². The van der Waals surface area contributed by atoms with Gasteiger partial charge in [-0.2, -0.15) is 0 Å². The third kappa shape index (κ3) is 91.3. The molecule has 0 saturated carbocycles. The topological polar surface area (TPSA) is 135 Å². The number of rotatable bonds is 32. The smallest absolute Gasteiger partial charge is 0.303 e. The molecule has 0 fully saturated rings. The predicted molar refractivity (Wildman–Crippen MR) is 218 cm³/mol. The van der Waals surface area contributed by atoms with Gasteiger partial charge in [-0.15, -0.1) is 0 Å². The molecule has 0 spiro atoms. The monoisotopic (exact) mass is 738 g/mol. The van der Waals surface area contributed by atoms with E-state index in [2.05, 4.69) is 27.7 Å². The zero-order valence-corrected chi connectivity index (χ0v) is 35.2. The van der Waals surface area contributed by atoms with E-state index in [0.717, 1.165) is 0 Å². The zero-order valence-electron chi connectivity index (χ0n) is 34.4. The van der Waals surface area contributed by atoms with Gasteiger partial charge in [-0.3, -0.25) is 9.59 Å². The molecule has 0 amide bonds. The number of carboxylic acids is 2. The lowest BCUT2D eigenvalue weighted by atomic mass is 10.0. The van der Waals surface area contributed by atoms with Crippen LogP contribution < -0.4 is 0 Å². The van der Waals surface area contributed by atoms with Crippen molar-refractivity contribution in [3.05, 3.63) is 0 Å². The second-order valence-corrected chi connectivity index (χ2v) is 14.0. The Bertz CT molecular complexity index is 535. The molecule has 0 saturated heterocycles. The number of carbonyl (C=O) groups is 2. The van der Waals surface area contributed by atoms with E-state index >= 15 is 0 Å². The summed E-state index contributed by atoms with van der Waals surface area (Å²) in [4.78, 5) is 18.7. The van der Waals surface area contributed by atoms with Crippen LogP contribution in [0.15, 0.2) is 0 Å². The highest BCUT2D eigenvalue weighted by Crippen LogP contribution is 2.15. The molecule has 1 unspecified atom stereocenters. The summed E-state index contributed by atoms with van der Waals surface area (Å²) in [6.45, 7) is 12.4. The van der Waals surface area contributed by atoms with Crippen molar-refractivity contribution < 1.29 is 33.1 Å².